The SMILES string of the molecule is Cc1ccccc1CNC(=O)[C@@H]1CCCN(c2nc3c(s2)c(C)nn3-c2ccc(Cl)cc2)C1. The Bertz CT molecular complexity index is 1300. The molecule has 0 radical (unpaired) electrons. The van der Waals surface area contributed by atoms with Crippen molar-refractivity contribution < 1.29 is 4.79 Å². The third kappa shape index (κ3) is 4.48. The van der Waals surface area contributed by atoms with Gasteiger partial charge in [-0.25, -0.2) is 4.68 Å². The molecular formula is C25H26ClN5OS. The first-order valence-corrected chi connectivity index (χ1v) is 12.4. The van der Waals surface area contributed by atoms with Crippen molar-refractivity contribution in [3.8, 4) is 5.69 Å². The van der Waals surface area contributed by atoms with Crippen molar-refractivity contribution in [2.75, 3.05) is 18.0 Å². The van der Waals surface area contributed by atoms with Crippen LogP contribution in [0.4, 0.5) is 5.13 Å². The number of halogens is 1. The molecule has 1 amide bonds. The molecule has 2 aromatic carbocycles. The summed E-state index contributed by atoms with van der Waals surface area (Å²) < 4.78 is 2.95. The molecular weight excluding hydrogens is 454 g/mol. The molecule has 0 saturated carbocycles. The first-order chi connectivity index (χ1) is 16.0. The van der Waals surface area contributed by atoms with Gasteiger partial charge in [0.2, 0.25) is 5.91 Å². The Morgan fingerprint density at radius 3 is 2.76 bits per heavy atom. The highest BCUT2D eigenvalue weighted by Gasteiger charge is 2.28. The molecule has 1 aliphatic rings. The van der Waals surface area contributed by atoms with Crippen LogP contribution in [0.3, 0.4) is 0 Å². The molecule has 0 unspecified atom stereocenters. The highest BCUT2D eigenvalue weighted by molar-refractivity contribution is 7.22. The van der Waals surface area contributed by atoms with Gasteiger partial charge in [0.15, 0.2) is 10.8 Å². The highest BCUT2D eigenvalue weighted by Crippen LogP contribution is 2.34. The largest absolute Gasteiger partial charge is 0.352 e. The Morgan fingerprint density at radius 2 is 1.97 bits per heavy atom. The number of thiazole rings is 1. The molecule has 33 heavy (non-hydrogen) atoms. The zero-order chi connectivity index (χ0) is 22.9. The van der Waals surface area contributed by atoms with E-state index in [1.165, 1.54) is 5.56 Å². The van der Waals surface area contributed by atoms with Crippen LogP contribution >= 0.6 is 22.9 Å². The first kappa shape index (κ1) is 21.9. The van der Waals surface area contributed by atoms with Crippen LogP contribution in [-0.2, 0) is 11.3 Å². The number of amides is 1. The maximum atomic E-state index is 12.9. The molecule has 0 aliphatic carbocycles. The molecule has 2 aromatic heterocycles. The lowest BCUT2D eigenvalue weighted by Gasteiger charge is -2.31. The Kier molecular flexibility index (Phi) is 6.08. The number of benzene rings is 2. The molecule has 1 aliphatic heterocycles. The quantitative estimate of drug-likeness (QED) is 0.422. The van der Waals surface area contributed by atoms with Crippen LogP contribution in [-0.4, -0.2) is 33.8 Å². The zero-order valence-corrected chi connectivity index (χ0v) is 20.3. The number of hydrogen-bond acceptors (Lipinski definition) is 5. The van der Waals surface area contributed by atoms with E-state index >= 15 is 0 Å². The number of nitrogens with one attached hydrogen (secondary N) is 1. The smallest absolute Gasteiger partial charge is 0.225 e. The molecule has 3 heterocycles. The summed E-state index contributed by atoms with van der Waals surface area (Å²) in [7, 11) is 0. The minimum atomic E-state index is -0.0383. The number of nitrogens with zero attached hydrogens (tertiary/aromatic N) is 4. The predicted molar refractivity (Wildman–Crippen MR) is 134 cm³/mol. The lowest BCUT2D eigenvalue weighted by atomic mass is 9.97. The molecule has 0 spiro atoms. The van der Waals surface area contributed by atoms with E-state index in [0.717, 1.165) is 51.8 Å². The van der Waals surface area contributed by atoms with Crippen LogP contribution in [0.5, 0.6) is 0 Å². The summed E-state index contributed by atoms with van der Waals surface area (Å²) in [6, 6.07) is 15.8. The van der Waals surface area contributed by atoms with Gasteiger partial charge >= 0.3 is 0 Å². The summed E-state index contributed by atoms with van der Waals surface area (Å²) in [5, 5.41) is 9.46. The van der Waals surface area contributed by atoms with E-state index in [9.17, 15) is 4.79 Å². The van der Waals surface area contributed by atoms with Gasteiger partial charge in [0.05, 0.1) is 22.0 Å². The molecule has 4 aromatic rings. The van der Waals surface area contributed by atoms with Crippen LogP contribution in [0, 0.1) is 19.8 Å². The van der Waals surface area contributed by atoms with Gasteiger partial charge in [0, 0.05) is 24.7 Å². The second-order valence-corrected chi connectivity index (χ2v) is 9.97. The second kappa shape index (κ2) is 9.15. The lowest BCUT2D eigenvalue weighted by Crippen LogP contribution is -2.43. The van der Waals surface area contributed by atoms with Crippen molar-refractivity contribution in [2.45, 2.75) is 33.2 Å². The molecule has 5 rings (SSSR count). The van der Waals surface area contributed by atoms with E-state index in [2.05, 4.69) is 34.4 Å². The number of rotatable bonds is 5. The summed E-state index contributed by atoms with van der Waals surface area (Å²) in [5.41, 5.74) is 5.09. The van der Waals surface area contributed by atoms with E-state index in [1.807, 2.05) is 48.0 Å². The Labute approximate surface area is 202 Å². The summed E-state index contributed by atoms with van der Waals surface area (Å²) >= 11 is 7.70. The average Bonchev–Trinajstić information content (AvgIpc) is 3.40. The number of carbonyl (C=O) groups excluding carboxylic acids is 1. The third-order valence-electron chi connectivity index (χ3n) is 6.23. The van der Waals surface area contributed by atoms with E-state index in [-0.39, 0.29) is 11.8 Å². The summed E-state index contributed by atoms with van der Waals surface area (Å²) in [6.45, 7) is 6.24. The van der Waals surface area contributed by atoms with Crippen LogP contribution in [0.25, 0.3) is 16.0 Å². The number of carbonyl (C=O) groups is 1. The van der Waals surface area contributed by atoms with Crippen molar-refractivity contribution in [1.82, 2.24) is 20.1 Å². The molecule has 1 N–H and O–H groups in total. The maximum Gasteiger partial charge on any atom is 0.225 e. The van der Waals surface area contributed by atoms with Crippen LogP contribution in [0.15, 0.2) is 48.5 Å². The van der Waals surface area contributed by atoms with Gasteiger partial charge in [-0.05, 0) is 62.1 Å². The monoisotopic (exact) mass is 479 g/mol. The molecule has 6 nitrogen and oxygen atoms in total. The standard InChI is InChI=1S/C25H26ClN5OS/c1-16-6-3-4-7-18(16)14-27-24(32)19-8-5-13-30(15-19)25-28-23-22(33-25)17(2)29-31(23)21-11-9-20(26)10-12-21/h3-4,6-7,9-12,19H,5,8,13-15H2,1-2H3,(H,27,32)/t19-/m1/s1. The zero-order valence-electron chi connectivity index (χ0n) is 18.7. The molecule has 8 heteroatoms. The van der Waals surface area contributed by atoms with Gasteiger partial charge in [-0.15, -0.1) is 0 Å². The fourth-order valence-electron chi connectivity index (χ4n) is 4.32. The van der Waals surface area contributed by atoms with Crippen LogP contribution in [0.1, 0.15) is 29.7 Å². The second-order valence-electron chi connectivity index (χ2n) is 8.55. The van der Waals surface area contributed by atoms with Crippen molar-refractivity contribution in [2.24, 2.45) is 5.92 Å². The van der Waals surface area contributed by atoms with Crippen molar-refractivity contribution in [1.29, 1.82) is 0 Å². The molecule has 1 fully saturated rings. The molecule has 170 valence electrons. The fraction of sp³-hybridized carbons (Fsp3) is 0.320. The van der Waals surface area contributed by atoms with Gasteiger partial charge in [-0.3, -0.25) is 4.79 Å². The summed E-state index contributed by atoms with van der Waals surface area (Å²) in [6.07, 6.45) is 1.87. The van der Waals surface area contributed by atoms with Crippen molar-refractivity contribution >= 4 is 44.3 Å². The van der Waals surface area contributed by atoms with Gasteiger partial charge in [0.1, 0.15) is 0 Å². The van der Waals surface area contributed by atoms with Crippen molar-refractivity contribution in [3.63, 3.8) is 0 Å². The Balaban J connectivity index is 1.32. The van der Waals surface area contributed by atoms with Crippen LogP contribution < -0.4 is 10.2 Å². The van der Waals surface area contributed by atoms with Gasteiger partial charge in [-0.1, -0.05) is 47.2 Å². The Morgan fingerprint density at radius 1 is 1.18 bits per heavy atom. The summed E-state index contributed by atoms with van der Waals surface area (Å²) in [5.74, 6) is 0.0798. The molecule has 1 saturated heterocycles. The predicted octanol–water partition coefficient (Wildman–Crippen LogP) is 5.29. The molecule has 0 bridgehead atoms. The lowest BCUT2D eigenvalue weighted by molar-refractivity contribution is -0.125. The number of fused-ring (bicyclic) bond motifs is 1. The van der Waals surface area contributed by atoms with Crippen LogP contribution in [0.2, 0.25) is 5.02 Å². The fourth-order valence-corrected chi connectivity index (χ4v) is 5.47. The number of anilines is 1. The van der Waals surface area contributed by atoms with Gasteiger partial charge in [-0.2, -0.15) is 10.1 Å². The minimum Gasteiger partial charge on any atom is -0.352 e. The highest BCUT2D eigenvalue weighted by atomic mass is 35.5. The van der Waals surface area contributed by atoms with E-state index in [1.54, 1.807) is 11.3 Å². The third-order valence-corrected chi connectivity index (χ3v) is 7.69. The normalized spacial score (nSPS) is 16.3. The first-order valence-electron chi connectivity index (χ1n) is 11.2. The molecule has 1 atom stereocenters. The number of aryl methyl sites for hydroxylation is 2. The van der Waals surface area contributed by atoms with E-state index < -0.39 is 0 Å². The van der Waals surface area contributed by atoms with E-state index in [4.69, 9.17) is 16.6 Å². The Hall–Kier alpha value is -2.90. The topological polar surface area (TPSA) is 63.1 Å². The minimum absolute atomic E-state index is 0.0383. The van der Waals surface area contributed by atoms with E-state index in [0.29, 0.717) is 18.1 Å². The number of hydrogen-bond donors (Lipinski definition) is 1. The van der Waals surface area contributed by atoms with Crippen molar-refractivity contribution in [3.05, 3.63) is 70.4 Å². The number of aromatic nitrogens is 3. The van der Waals surface area contributed by atoms with Gasteiger partial charge < -0.3 is 10.2 Å². The van der Waals surface area contributed by atoms with Gasteiger partial charge in [0.25, 0.3) is 0 Å². The average molecular weight is 480 g/mol. The maximum absolute atomic E-state index is 12.9. The summed E-state index contributed by atoms with van der Waals surface area (Å²) in [4.78, 5) is 20.1. The number of piperidine rings is 1.